The molecule has 4 N–H and O–H groups in total. The van der Waals surface area contributed by atoms with Crippen LogP contribution in [0.4, 0.5) is 24.5 Å². The van der Waals surface area contributed by atoms with E-state index < -0.39 is 23.7 Å². The van der Waals surface area contributed by atoms with Crippen LogP contribution in [0, 0.1) is 5.92 Å². The molecule has 8 heteroatoms. The van der Waals surface area contributed by atoms with Crippen molar-refractivity contribution in [3.63, 3.8) is 0 Å². The highest BCUT2D eigenvalue weighted by Crippen LogP contribution is 2.34. The summed E-state index contributed by atoms with van der Waals surface area (Å²) < 4.78 is 43.7. The maximum Gasteiger partial charge on any atom is 0.416 e. The van der Waals surface area contributed by atoms with Gasteiger partial charge in [0.2, 0.25) is 5.91 Å². The predicted molar refractivity (Wildman–Crippen MR) is 81.1 cm³/mol. The molecule has 1 aromatic rings. The first-order valence-corrected chi connectivity index (χ1v) is 7.42. The van der Waals surface area contributed by atoms with Crippen molar-refractivity contribution in [3.8, 4) is 0 Å². The first-order valence-electron chi connectivity index (χ1n) is 7.42. The zero-order chi connectivity index (χ0) is 17.0. The second-order valence-electron chi connectivity index (χ2n) is 5.43. The summed E-state index contributed by atoms with van der Waals surface area (Å²) in [7, 11) is 0. The van der Waals surface area contributed by atoms with Gasteiger partial charge in [-0.05, 0) is 31.5 Å². The Bertz CT molecular complexity index is 557. The highest BCUT2D eigenvalue weighted by atomic mass is 19.4. The SMILES string of the molecule is CCNc1ccc(C(F)(F)F)cc1NC(=O)C(N)C1CCOC1. The molecule has 0 radical (unpaired) electrons. The number of anilines is 2. The Kier molecular flexibility index (Phi) is 5.48. The third-order valence-corrected chi connectivity index (χ3v) is 3.75. The Hall–Kier alpha value is -1.80. The molecule has 23 heavy (non-hydrogen) atoms. The lowest BCUT2D eigenvalue weighted by Crippen LogP contribution is -2.42. The fraction of sp³-hybridized carbons (Fsp3) is 0.533. The number of amides is 1. The lowest BCUT2D eigenvalue weighted by molar-refractivity contribution is -0.137. The van der Waals surface area contributed by atoms with E-state index in [0.717, 1.165) is 12.1 Å². The first kappa shape index (κ1) is 17.6. The molecular formula is C15H20F3N3O2. The predicted octanol–water partition coefficient (Wildman–Crippen LogP) is 2.44. The number of ether oxygens (including phenoxy) is 1. The molecule has 0 aliphatic carbocycles. The normalized spacial score (nSPS) is 19.4. The molecule has 1 fully saturated rings. The number of rotatable bonds is 5. The van der Waals surface area contributed by atoms with Crippen LogP contribution in [0.25, 0.3) is 0 Å². The van der Waals surface area contributed by atoms with E-state index in [-0.39, 0.29) is 11.6 Å². The van der Waals surface area contributed by atoms with E-state index in [1.54, 1.807) is 0 Å². The summed E-state index contributed by atoms with van der Waals surface area (Å²) in [6.45, 7) is 3.25. The van der Waals surface area contributed by atoms with Gasteiger partial charge < -0.3 is 21.1 Å². The minimum absolute atomic E-state index is 0.0704. The van der Waals surface area contributed by atoms with Crippen molar-refractivity contribution in [3.05, 3.63) is 23.8 Å². The molecule has 0 saturated carbocycles. The molecule has 2 atom stereocenters. The van der Waals surface area contributed by atoms with Gasteiger partial charge >= 0.3 is 6.18 Å². The minimum atomic E-state index is -4.48. The highest BCUT2D eigenvalue weighted by molar-refractivity contribution is 5.97. The van der Waals surface area contributed by atoms with Crippen molar-refractivity contribution in [2.24, 2.45) is 11.7 Å². The van der Waals surface area contributed by atoms with E-state index >= 15 is 0 Å². The molecule has 1 aromatic carbocycles. The Balaban J connectivity index is 2.19. The summed E-state index contributed by atoms with van der Waals surface area (Å²) in [4.78, 5) is 12.2. The van der Waals surface area contributed by atoms with Crippen LogP contribution in [-0.4, -0.2) is 31.7 Å². The highest BCUT2D eigenvalue weighted by Gasteiger charge is 2.32. The molecule has 0 spiro atoms. The standard InChI is InChI=1S/C15H20F3N3O2/c1-2-20-11-4-3-10(15(16,17)18)7-12(11)21-14(22)13(19)9-5-6-23-8-9/h3-4,7,9,13,20H,2,5-6,8,19H2,1H3,(H,21,22). The van der Waals surface area contributed by atoms with Gasteiger partial charge in [-0.25, -0.2) is 0 Å². The minimum Gasteiger partial charge on any atom is -0.384 e. The molecule has 5 nitrogen and oxygen atoms in total. The number of alkyl halides is 3. The number of halogens is 3. The van der Waals surface area contributed by atoms with E-state index in [9.17, 15) is 18.0 Å². The molecule has 1 amide bonds. The number of nitrogens with two attached hydrogens (primary N) is 1. The van der Waals surface area contributed by atoms with Gasteiger partial charge in [0.1, 0.15) is 0 Å². The number of hydrogen-bond acceptors (Lipinski definition) is 4. The maximum atomic E-state index is 12.9. The zero-order valence-corrected chi connectivity index (χ0v) is 12.7. The van der Waals surface area contributed by atoms with Crippen LogP contribution in [-0.2, 0) is 15.7 Å². The van der Waals surface area contributed by atoms with Gasteiger partial charge in [0, 0.05) is 19.1 Å². The van der Waals surface area contributed by atoms with E-state index in [1.807, 2.05) is 6.92 Å². The summed E-state index contributed by atoms with van der Waals surface area (Å²) in [5.74, 6) is -0.637. The van der Waals surface area contributed by atoms with Crippen molar-refractivity contribution >= 4 is 17.3 Å². The maximum absolute atomic E-state index is 12.9. The van der Waals surface area contributed by atoms with Crippen molar-refractivity contribution < 1.29 is 22.7 Å². The van der Waals surface area contributed by atoms with Gasteiger partial charge in [-0.3, -0.25) is 4.79 Å². The lowest BCUT2D eigenvalue weighted by atomic mass is 9.99. The van der Waals surface area contributed by atoms with Gasteiger partial charge in [-0.2, -0.15) is 13.2 Å². The molecule has 1 aliphatic heterocycles. The molecule has 0 aromatic heterocycles. The molecule has 2 rings (SSSR count). The second kappa shape index (κ2) is 7.18. The summed E-state index contributed by atoms with van der Waals surface area (Å²) in [6, 6.07) is 2.36. The van der Waals surface area contributed by atoms with Crippen molar-refractivity contribution in [2.45, 2.75) is 25.6 Å². The summed E-state index contributed by atoms with van der Waals surface area (Å²) in [5.41, 5.74) is 5.55. The number of carbonyl (C=O) groups is 1. The molecule has 1 heterocycles. The number of hydrogen-bond donors (Lipinski definition) is 3. The van der Waals surface area contributed by atoms with Crippen LogP contribution < -0.4 is 16.4 Å². The Morgan fingerprint density at radius 2 is 2.17 bits per heavy atom. The Morgan fingerprint density at radius 3 is 2.74 bits per heavy atom. The molecule has 1 saturated heterocycles. The molecule has 128 valence electrons. The number of nitrogens with one attached hydrogen (secondary N) is 2. The third-order valence-electron chi connectivity index (χ3n) is 3.75. The van der Waals surface area contributed by atoms with Crippen LogP contribution in [0.3, 0.4) is 0 Å². The van der Waals surface area contributed by atoms with Gasteiger partial charge in [0.25, 0.3) is 0 Å². The molecule has 2 unspecified atom stereocenters. The monoisotopic (exact) mass is 331 g/mol. The lowest BCUT2D eigenvalue weighted by Gasteiger charge is -2.20. The van der Waals surface area contributed by atoms with Crippen molar-refractivity contribution in [2.75, 3.05) is 30.4 Å². The zero-order valence-electron chi connectivity index (χ0n) is 12.7. The van der Waals surface area contributed by atoms with Crippen molar-refractivity contribution in [1.82, 2.24) is 0 Å². The van der Waals surface area contributed by atoms with Crippen LogP contribution >= 0.6 is 0 Å². The smallest absolute Gasteiger partial charge is 0.384 e. The molecule has 1 aliphatic rings. The average Bonchev–Trinajstić information content (AvgIpc) is 3.01. The van der Waals surface area contributed by atoms with E-state index in [0.29, 0.717) is 31.9 Å². The largest absolute Gasteiger partial charge is 0.416 e. The van der Waals surface area contributed by atoms with Crippen LogP contribution in [0.1, 0.15) is 18.9 Å². The first-order chi connectivity index (χ1) is 10.8. The van der Waals surface area contributed by atoms with Crippen molar-refractivity contribution in [1.29, 1.82) is 0 Å². The average molecular weight is 331 g/mol. The van der Waals surface area contributed by atoms with Crippen LogP contribution in [0.15, 0.2) is 18.2 Å². The Morgan fingerprint density at radius 1 is 1.43 bits per heavy atom. The van der Waals surface area contributed by atoms with Gasteiger partial charge in [-0.15, -0.1) is 0 Å². The number of benzene rings is 1. The van der Waals surface area contributed by atoms with E-state index in [2.05, 4.69) is 10.6 Å². The van der Waals surface area contributed by atoms with Gasteiger partial charge in [-0.1, -0.05) is 0 Å². The topological polar surface area (TPSA) is 76.4 Å². The summed E-state index contributed by atoms with van der Waals surface area (Å²) in [6.07, 6.45) is -3.82. The quantitative estimate of drug-likeness (QED) is 0.774. The van der Waals surface area contributed by atoms with Crippen LogP contribution in [0.2, 0.25) is 0 Å². The summed E-state index contributed by atoms with van der Waals surface area (Å²) in [5, 5.41) is 5.42. The second-order valence-corrected chi connectivity index (χ2v) is 5.43. The summed E-state index contributed by atoms with van der Waals surface area (Å²) >= 11 is 0. The van der Waals surface area contributed by atoms with Gasteiger partial charge in [0.05, 0.1) is 29.6 Å². The Labute approximate surface area is 132 Å². The van der Waals surface area contributed by atoms with Gasteiger partial charge in [0.15, 0.2) is 0 Å². The molecule has 0 bridgehead atoms. The fourth-order valence-corrected chi connectivity index (χ4v) is 2.43. The third kappa shape index (κ3) is 4.35. The van der Waals surface area contributed by atoms with Crippen LogP contribution in [0.5, 0.6) is 0 Å². The fourth-order valence-electron chi connectivity index (χ4n) is 2.43. The van der Waals surface area contributed by atoms with E-state index in [4.69, 9.17) is 10.5 Å². The van der Waals surface area contributed by atoms with E-state index in [1.165, 1.54) is 6.07 Å². The molecular weight excluding hydrogens is 311 g/mol. The number of carbonyl (C=O) groups excluding carboxylic acids is 1.